The fourth-order valence-corrected chi connectivity index (χ4v) is 4.80. The molecule has 2 aromatic carbocycles. The first-order valence-electron chi connectivity index (χ1n) is 9.81. The maximum atomic E-state index is 13.2. The molecule has 0 spiro atoms. The maximum Gasteiger partial charge on any atom is 0.319 e. The summed E-state index contributed by atoms with van der Waals surface area (Å²) >= 11 is 0. The molecule has 10 heteroatoms. The van der Waals surface area contributed by atoms with Gasteiger partial charge in [0.2, 0.25) is 5.91 Å². The van der Waals surface area contributed by atoms with Crippen molar-refractivity contribution in [3.8, 4) is 5.75 Å². The number of carbonyl (C=O) groups excluding carboxylic acids is 2. The molecule has 1 fully saturated rings. The molecule has 166 valence electrons. The van der Waals surface area contributed by atoms with Gasteiger partial charge in [-0.3, -0.25) is 4.79 Å². The average molecular weight is 450 g/mol. The van der Waals surface area contributed by atoms with Gasteiger partial charge in [-0.25, -0.2) is 17.6 Å². The van der Waals surface area contributed by atoms with E-state index < -0.39 is 15.9 Å². The summed E-state index contributed by atoms with van der Waals surface area (Å²) in [5.41, 5.74) is 1.18. The summed E-state index contributed by atoms with van der Waals surface area (Å²) in [5, 5.41) is 7.89. The van der Waals surface area contributed by atoms with Crippen LogP contribution in [0.4, 0.5) is 14.9 Å². The molecule has 1 aliphatic heterocycles. The molecule has 1 heterocycles. The minimum atomic E-state index is -3.06. The van der Waals surface area contributed by atoms with E-state index in [0.717, 1.165) is 0 Å². The summed E-state index contributed by atoms with van der Waals surface area (Å²) in [7, 11) is -3.06. The average Bonchev–Trinajstić information content (AvgIpc) is 3.05. The van der Waals surface area contributed by atoms with Crippen molar-refractivity contribution in [2.45, 2.75) is 25.5 Å². The number of amides is 3. The van der Waals surface area contributed by atoms with Crippen LogP contribution in [0, 0.1) is 5.82 Å². The van der Waals surface area contributed by atoms with Gasteiger partial charge in [0.05, 0.1) is 11.5 Å². The van der Waals surface area contributed by atoms with Crippen LogP contribution in [0.3, 0.4) is 0 Å². The van der Waals surface area contributed by atoms with Crippen molar-refractivity contribution in [2.75, 3.05) is 23.4 Å². The van der Waals surface area contributed by atoms with E-state index in [2.05, 4.69) is 16.0 Å². The summed E-state index contributed by atoms with van der Waals surface area (Å²) in [6, 6.07) is 12.0. The van der Waals surface area contributed by atoms with Gasteiger partial charge in [0, 0.05) is 30.8 Å². The van der Waals surface area contributed by atoms with E-state index in [9.17, 15) is 22.4 Å². The summed E-state index contributed by atoms with van der Waals surface area (Å²) in [6.07, 6.45) is 0.459. The smallest absolute Gasteiger partial charge is 0.319 e. The third kappa shape index (κ3) is 7.56. The summed E-state index contributed by atoms with van der Waals surface area (Å²) in [5.74, 6) is -0.0910. The normalized spacial score (nSPS) is 17.0. The molecule has 1 aliphatic rings. The molecule has 3 N–H and O–H groups in total. The van der Waals surface area contributed by atoms with E-state index in [1.807, 2.05) is 0 Å². The van der Waals surface area contributed by atoms with Crippen molar-refractivity contribution in [1.29, 1.82) is 0 Å². The second kappa shape index (κ2) is 10.3. The van der Waals surface area contributed by atoms with Gasteiger partial charge < -0.3 is 20.7 Å². The van der Waals surface area contributed by atoms with E-state index in [0.29, 0.717) is 23.4 Å². The van der Waals surface area contributed by atoms with Crippen LogP contribution in [0.2, 0.25) is 0 Å². The molecule has 3 rings (SSSR count). The first-order chi connectivity index (χ1) is 14.8. The van der Waals surface area contributed by atoms with Gasteiger partial charge in [-0.1, -0.05) is 18.2 Å². The first kappa shape index (κ1) is 22.5. The van der Waals surface area contributed by atoms with Crippen LogP contribution in [-0.4, -0.2) is 44.4 Å². The Labute approximate surface area is 180 Å². The molecule has 3 amide bonds. The van der Waals surface area contributed by atoms with Gasteiger partial charge in [0.15, 0.2) is 9.84 Å². The number of ether oxygens (including phenoxy) is 1. The number of anilines is 1. The summed E-state index contributed by atoms with van der Waals surface area (Å²) in [6.45, 7) is 0.289. The molecule has 0 saturated carbocycles. The zero-order valence-electron chi connectivity index (χ0n) is 16.8. The number of rotatable bonds is 8. The van der Waals surface area contributed by atoms with E-state index in [-0.39, 0.29) is 48.8 Å². The lowest BCUT2D eigenvalue weighted by Crippen LogP contribution is -2.38. The van der Waals surface area contributed by atoms with Crippen LogP contribution in [0.15, 0.2) is 48.5 Å². The second-order valence-electron chi connectivity index (χ2n) is 7.24. The lowest BCUT2D eigenvalue weighted by Gasteiger charge is -2.12. The topological polar surface area (TPSA) is 114 Å². The fourth-order valence-electron chi connectivity index (χ4n) is 3.13. The second-order valence-corrected chi connectivity index (χ2v) is 9.47. The highest BCUT2D eigenvalue weighted by atomic mass is 32.2. The Balaban J connectivity index is 1.39. The molecular weight excluding hydrogens is 425 g/mol. The predicted molar refractivity (Wildman–Crippen MR) is 114 cm³/mol. The van der Waals surface area contributed by atoms with Gasteiger partial charge in [-0.05, 0) is 36.2 Å². The van der Waals surface area contributed by atoms with E-state index in [1.54, 1.807) is 36.4 Å². The third-order valence-electron chi connectivity index (χ3n) is 4.62. The van der Waals surface area contributed by atoms with Crippen molar-refractivity contribution < 1.29 is 27.1 Å². The maximum absolute atomic E-state index is 13.2. The molecule has 2 aromatic rings. The minimum absolute atomic E-state index is 0.0374. The Hall–Kier alpha value is -3.14. The third-order valence-corrected chi connectivity index (χ3v) is 6.39. The van der Waals surface area contributed by atoms with Crippen molar-refractivity contribution in [2.24, 2.45) is 0 Å². The Kier molecular flexibility index (Phi) is 7.45. The number of hydrogen-bond donors (Lipinski definition) is 3. The number of halogens is 1. The highest BCUT2D eigenvalue weighted by molar-refractivity contribution is 7.91. The van der Waals surface area contributed by atoms with Crippen molar-refractivity contribution in [1.82, 2.24) is 10.6 Å². The minimum Gasteiger partial charge on any atom is -0.489 e. The number of carbonyl (C=O) groups is 2. The molecule has 8 nitrogen and oxygen atoms in total. The van der Waals surface area contributed by atoms with E-state index in [4.69, 9.17) is 4.74 Å². The monoisotopic (exact) mass is 449 g/mol. The molecule has 0 aliphatic carbocycles. The molecule has 1 saturated heterocycles. The van der Waals surface area contributed by atoms with Gasteiger partial charge >= 0.3 is 6.03 Å². The zero-order chi connectivity index (χ0) is 22.3. The number of urea groups is 1. The highest BCUT2D eigenvalue weighted by Gasteiger charge is 2.28. The van der Waals surface area contributed by atoms with Crippen LogP contribution in [-0.2, 0) is 21.2 Å². The van der Waals surface area contributed by atoms with Crippen LogP contribution < -0.4 is 20.7 Å². The van der Waals surface area contributed by atoms with Crippen molar-refractivity contribution >= 4 is 27.5 Å². The fraction of sp³-hybridized carbons (Fsp3) is 0.333. The van der Waals surface area contributed by atoms with Crippen LogP contribution in [0.1, 0.15) is 18.4 Å². The first-order valence-corrected chi connectivity index (χ1v) is 11.6. The molecule has 1 atom stereocenters. The van der Waals surface area contributed by atoms with Gasteiger partial charge in [-0.15, -0.1) is 0 Å². The van der Waals surface area contributed by atoms with Gasteiger partial charge in [-0.2, -0.15) is 0 Å². The number of hydrogen-bond acceptors (Lipinski definition) is 5. The van der Waals surface area contributed by atoms with E-state index >= 15 is 0 Å². The van der Waals surface area contributed by atoms with Crippen molar-refractivity contribution in [3.05, 3.63) is 59.9 Å². The Bertz CT molecular complexity index is 1040. The number of sulfone groups is 1. The van der Waals surface area contributed by atoms with Crippen LogP contribution in [0.25, 0.3) is 0 Å². The quantitative estimate of drug-likeness (QED) is 0.572. The molecule has 1 unspecified atom stereocenters. The van der Waals surface area contributed by atoms with Gasteiger partial charge in [0.1, 0.15) is 18.2 Å². The number of benzene rings is 2. The summed E-state index contributed by atoms with van der Waals surface area (Å²) in [4.78, 5) is 23.9. The predicted octanol–water partition coefficient (Wildman–Crippen LogP) is 2.22. The molecule has 31 heavy (non-hydrogen) atoms. The zero-order valence-corrected chi connectivity index (χ0v) is 17.6. The van der Waals surface area contributed by atoms with Crippen LogP contribution >= 0.6 is 0 Å². The lowest BCUT2D eigenvalue weighted by molar-refractivity contribution is -0.121. The van der Waals surface area contributed by atoms with E-state index in [1.165, 1.54) is 12.1 Å². The molecule has 0 bridgehead atoms. The Morgan fingerprint density at radius 3 is 2.68 bits per heavy atom. The summed E-state index contributed by atoms with van der Waals surface area (Å²) < 4.78 is 41.7. The highest BCUT2D eigenvalue weighted by Crippen LogP contribution is 2.19. The Morgan fingerprint density at radius 1 is 1.13 bits per heavy atom. The molecule has 0 radical (unpaired) electrons. The van der Waals surface area contributed by atoms with Crippen molar-refractivity contribution in [3.63, 3.8) is 0 Å². The van der Waals surface area contributed by atoms with Gasteiger partial charge in [0.25, 0.3) is 0 Å². The molecular formula is C21H24FN3O5S. The SMILES string of the molecule is O=C(CCNC(=O)Nc1cccc(OCc2cccc(F)c2)c1)NC1CCS(=O)(=O)C1. The number of nitrogens with one attached hydrogen (secondary N) is 3. The lowest BCUT2D eigenvalue weighted by atomic mass is 10.2. The standard InChI is InChI=1S/C21H24FN3O5S/c22-16-4-1-3-15(11-16)13-30-19-6-2-5-17(12-19)25-21(27)23-9-7-20(26)24-18-8-10-31(28,29)14-18/h1-6,11-12,18H,7-10,13-14H2,(H,24,26)(H2,23,25,27). The largest absolute Gasteiger partial charge is 0.489 e. The molecule has 0 aromatic heterocycles. The Morgan fingerprint density at radius 2 is 1.94 bits per heavy atom. The van der Waals surface area contributed by atoms with Crippen LogP contribution in [0.5, 0.6) is 5.75 Å².